The van der Waals surface area contributed by atoms with E-state index in [9.17, 15) is 18.0 Å². The van der Waals surface area contributed by atoms with Crippen LogP contribution in [-0.4, -0.2) is 31.7 Å². The van der Waals surface area contributed by atoms with Gasteiger partial charge in [0.05, 0.1) is 0 Å². The lowest BCUT2D eigenvalue weighted by Gasteiger charge is -2.28. The number of hydrogen-bond acceptors (Lipinski definition) is 2. The Labute approximate surface area is 124 Å². The van der Waals surface area contributed by atoms with Gasteiger partial charge in [-0.2, -0.15) is 13.2 Å². The summed E-state index contributed by atoms with van der Waals surface area (Å²) in [4.78, 5) is 11.6. The maximum Gasteiger partial charge on any atom is 0.389 e. The minimum Gasteiger partial charge on any atom is -0.356 e. The topological polar surface area (TPSA) is 41.1 Å². The fraction of sp³-hybridized carbons (Fsp3) is 0.923. The highest BCUT2D eigenvalue weighted by Gasteiger charge is 2.26. The van der Waals surface area contributed by atoms with Gasteiger partial charge < -0.3 is 10.6 Å². The molecule has 7 heteroatoms. The molecular formula is C13H24ClF3N2O. The Bertz CT molecular complexity index is 281. The molecule has 1 aliphatic heterocycles. The highest BCUT2D eigenvalue weighted by molar-refractivity contribution is 5.85. The zero-order valence-electron chi connectivity index (χ0n) is 11.8. The Kier molecular flexibility index (Phi) is 9.22. The second-order valence-corrected chi connectivity index (χ2v) is 5.36. The SMILES string of the molecule is CC(CC(=O)NCCCC(F)(F)F)C1CCCNC1.Cl. The molecule has 0 saturated carbocycles. The van der Waals surface area contributed by atoms with Crippen molar-refractivity contribution in [2.75, 3.05) is 19.6 Å². The first kappa shape index (κ1) is 19.5. The van der Waals surface area contributed by atoms with Crippen LogP contribution in [0.5, 0.6) is 0 Å². The minimum absolute atomic E-state index is 0. The summed E-state index contributed by atoms with van der Waals surface area (Å²) >= 11 is 0. The molecule has 1 amide bonds. The highest BCUT2D eigenvalue weighted by atomic mass is 35.5. The fourth-order valence-electron chi connectivity index (χ4n) is 2.41. The number of nitrogens with one attached hydrogen (secondary N) is 2. The predicted molar refractivity (Wildman–Crippen MR) is 74.9 cm³/mol. The van der Waals surface area contributed by atoms with E-state index in [2.05, 4.69) is 10.6 Å². The third kappa shape index (κ3) is 8.64. The number of amides is 1. The van der Waals surface area contributed by atoms with E-state index >= 15 is 0 Å². The minimum atomic E-state index is -4.13. The third-order valence-electron chi connectivity index (χ3n) is 3.61. The molecule has 0 radical (unpaired) electrons. The van der Waals surface area contributed by atoms with Crippen LogP contribution in [0.4, 0.5) is 13.2 Å². The van der Waals surface area contributed by atoms with Gasteiger partial charge in [0, 0.05) is 19.4 Å². The summed E-state index contributed by atoms with van der Waals surface area (Å²) in [5.41, 5.74) is 0. The van der Waals surface area contributed by atoms with Crippen LogP contribution in [0.1, 0.15) is 39.0 Å². The number of carbonyl (C=O) groups excluding carboxylic acids is 1. The normalized spacial score (nSPS) is 20.9. The molecule has 0 bridgehead atoms. The average Bonchev–Trinajstić information content (AvgIpc) is 2.34. The van der Waals surface area contributed by atoms with Crippen molar-refractivity contribution >= 4 is 18.3 Å². The molecule has 120 valence electrons. The zero-order chi connectivity index (χ0) is 14.3. The zero-order valence-corrected chi connectivity index (χ0v) is 12.6. The first-order chi connectivity index (χ1) is 8.88. The highest BCUT2D eigenvalue weighted by Crippen LogP contribution is 2.23. The summed E-state index contributed by atoms with van der Waals surface area (Å²) in [7, 11) is 0. The molecule has 1 fully saturated rings. The van der Waals surface area contributed by atoms with Crippen LogP contribution in [-0.2, 0) is 4.79 Å². The van der Waals surface area contributed by atoms with Crippen LogP contribution >= 0.6 is 12.4 Å². The van der Waals surface area contributed by atoms with Crippen LogP contribution in [0, 0.1) is 11.8 Å². The Balaban J connectivity index is 0.00000361. The smallest absolute Gasteiger partial charge is 0.356 e. The van der Waals surface area contributed by atoms with Gasteiger partial charge in [-0.15, -0.1) is 12.4 Å². The van der Waals surface area contributed by atoms with Crippen molar-refractivity contribution in [3.8, 4) is 0 Å². The van der Waals surface area contributed by atoms with Crippen LogP contribution in [0.3, 0.4) is 0 Å². The lowest BCUT2D eigenvalue weighted by Crippen LogP contribution is -2.35. The molecule has 2 unspecified atom stereocenters. The van der Waals surface area contributed by atoms with Crippen molar-refractivity contribution in [2.24, 2.45) is 11.8 Å². The molecule has 2 N–H and O–H groups in total. The number of alkyl halides is 3. The molecule has 2 atom stereocenters. The van der Waals surface area contributed by atoms with Gasteiger partial charge in [0.2, 0.25) is 5.91 Å². The molecule has 0 aliphatic carbocycles. The van der Waals surface area contributed by atoms with Crippen LogP contribution < -0.4 is 10.6 Å². The van der Waals surface area contributed by atoms with Gasteiger partial charge in [0.1, 0.15) is 0 Å². The quantitative estimate of drug-likeness (QED) is 0.740. The maximum atomic E-state index is 11.9. The van der Waals surface area contributed by atoms with Crippen molar-refractivity contribution in [1.29, 1.82) is 0 Å². The number of piperidine rings is 1. The van der Waals surface area contributed by atoms with Gasteiger partial charge in [0.15, 0.2) is 0 Å². The van der Waals surface area contributed by atoms with Crippen molar-refractivity contribution in [3.05, 3.63) is 0 Å². The molecule has 0 aromatic heterocycles. The monoisotopic (exact) mass is 316 g/mol. The Hall–Kier alpha value is -0.490. The lowest BCUT2D eigenvalue weighted by molar-refractivity contribution is -0.136. The van der Waals surface area contributed by atoms with Gasteiger partial charge in [0.25, 0.3) is 0 Å². The average molecular weight is 317 g/mol. The van der Waals surface area contributed by atoms with Gasteiger partial charge in [-0.05, 0) is 44.2 Å². The third-order valence-corrected chi connectivity index (χ3v) is 3.61. The van der Waals surface area contributed by atoms with Crippen LogP contribution in [0.2, 0.25) is 0 Å². The van der Waals surface area contributed by atoms with Gasteiger partial charge >= 0.3 is 6.18 Å². The Morgan fingerprint density at radius 2 is 2.15 bits per heavy atom. The maximum absolute atomic E-state index is 11.9. The summed E-state index contributed by atoms with van der Waals surface area (Å²) in [6.07, 6.45) is -2.37. The summed E-state index contributed by atoms with van der Waals surface area (Å²) in [5.74, 6) is 0.630. The van der Waals surface area contributed by atoms with E-state index in [1.54, 1.807) is 0 Å². The van der Waals surface area contributed by atoms with Gasteiger partial charge in [-0.3, -0.25) is 4.79 Å². The van der Waals surface area contributed by atoms with Crippen molar-refractivity contribution in [3.63, 3.8) is 0 Å². The van der Waals surface area contributed by atoms with Crippen molar-refractivity contribution < 1.29 is 18.0 Å². The number of rotatable bonds is 6. The molecule has 1 rings (SSSR count). The van der Waals surface area contributed by atoms with Crippen molar-refractivity contribution in [2.45, 2.75) is 45.2 Å². The van der Waals surface area contributed by atoms with E-state index < -0.39 is 12.6 Å². The molecule has 3 nitrogen and oxygen atoms in total. The molecule has 0 aromatic carbocycles. The predicted octanol–water partition coefficient (Wildman–Crippen LogP) is 2.89. The summed E-state index contributed by atoms with van der Waals surface area (Å²) in [6.45, 7) is 4.11. The second-order valence-electron chi connectivity index (χ2n) is 5.36. The largest absolute Gasteiger partial charge is 0.389 e. The fourth-order valence-corrected chi connectivity index (χ4v) is 2.41. The van der Waals surface area contributed by atoms with Gasteiger partial charge in [-0.1, -0.05) is 6.92 Å². The molecule has 0 aromatic rings. The molecule has 1 saturated heterocycles. The lowest BCUT2D eigenvalue weighted by atomic mass is 9.85. The molecule has 1 heterocycles. The summed E-state index contributed by atoms with van der Waals surface area (Å²) in [6, 6.07) is 0. The Morgan fingerprint density at radius 3 is 2.70 bits per heavy atom. The molecule has 20 heavy (non-hydrogen) atoms. The summed E-state index contributed by atoms with van der Waals surface area (Å²) < 4.78 is 35.7. The first-order valence-electron chi connectivity index (χ1n) is 6.92. The number of hydrogen-bond donors (Lipinski definition) is 2. The van der Waals surface area contributed by atoms with E-state index in [4.69, 9.17) is 0 Å². The van der Waals surface area contributed by atoms with E-state index in [0.717, 1.165) is 25.9 Å². The number of carbonyl (C=O) groups is 1. The van der Waals surface area contributed by atoms with Crippen LogP contribution in [0.25, 0.3) is 0 Å². The first-order valence-corrected chi connectivity index (χ1v) is 6.92. The Morgan fingerprint density at radius 1 is 1.45 bits per heavy atom. The van der Waals surface area contributed by atoms with E-state index in [-0.39, 0.29) is 37.2 Å². The molecular weight excluding hydrogens is 293 g/mol. The standard InChI is InChI=1S/C13H23F3N2O.ClH/c1-10(11-4-2-6-17-9-11)8-12(19)18-7-3-5-13(14,15)16;/h10-11,17H,2-9H2,1H3,(H,18,19);1H. The van der Waals surface area contributed by atoms with E-state index in [0.29, 0.717) is 12.3 Å². The molecule has 0 spiro atoms. The number of halogens is 4. The van der Waals surface area contributed by atoms with Crippen LogP contribution in [0.15, 0.2) is 0 Å². The second kappa shape index (κ2) is 9.45. The van der Waals surface area contributed by atoms with E-state index in [1.165, 1.54) is 0 Å². The van der Waals surface area contributed by atoms with Crippen molar-refractivity contribution in [1.82, 2.24) is 10.6 Å². The summed E-state index contributed by atoms with van der Waals surface area (Å²) in [5, 5.41) is 5.87. The molecule has 1 aliphatic rings. The van der Waals surface area contributed by atoms with Gasteiger partial charge in [-0.25, -0.2) is 0 Å². The van der Waals surface area contributed by atoms with E-state index in [1.807, 2.05) is 6.92 Å².